The summed E-state index contributed by atoms with van der Waals surface area (Å²) in [5, 5.41) is 4.87. The van der Waals surface area contributed by atoms with E-state index in [1.54, 1.807) is 36.5 Å². The summed E-state index contributed by atoms with van der Waals surface area (Å²) in [5.74, 6) is -1.15. The molecule has 2 aromatic heterocycles. The Bertz CT molecular complexity index is 557. The zero-order chi connectivity index (χ0) is 13.5. The van der Waals surface area contributed by atoms with E-state index in [2.05, 4.69) is 20.6 Å². The first-order valence-electron chi connectivity index (χ1n) is 5.66. The summed E-state index contributed by atoms with van der Waals surface area (Å²) in [6, 6.07) is 10.4. The van der Waals surface area contributed by atoms with Gasteiger partial charge < -0.3 is 10.6 Å². The second-order valence-electron chi connectivity index (χ2n) is 3.67. The minimum absolute atomic E-state index is 0.204. The van der Waals surface area contributed by atoms with Crippen molar-refractivity contribution in [3.63, 3.8) is 0 Å². The van der Waals surface area contributed by atoms with E-state index in [0.717, 1.165) is 0 Å². The van der Waals surface area contributed by atoms with Gasteiger partial charge in [-0.2, -0.15) is 0 Å². The van der Waals surface area contributed by atoms with Gasteiger partial charge in [0.2, 0.25) is 0 Å². The van der Waals surface area contributed by atoms with Gasteiger partial charge in [0.05, 0.1) is 12.2 Å². The Morgan fingerprint density at radius 3 is 2.32 bits per heavy atom. The number of pyridine rings is 2. The van der Waals surface area contributed by atoms with Crippen LogP contribution in [0.3, 0.4) is 0 Å². The van der Waals surface area contributed by atoms with Crippen LogP contribution < -0.4 is 10.6 Å². The van der Waals surface area contributed by atoms with E-state index in [9.17, 15) is 9.59 Å². The first-order valence-corrected chi connectivity index (χ1v) is 5.66. The van der Waals surface area contributed by atoms with Gasteiger partial charge in [0.1, 0.15) is 5.82 Å². The third-order valence-electron chi connectivity index (χ3n) is 2.27. The van der Waals surface area contributed by atoms with Crippen LogP contribution in [0.25, 0.3) is 0 Å². The lowest BCUT2D eigenvalue weighted by Crippen LogP contribution is -2.35. The summed E-state index contributed by atoms with van der Waals surface area (Å²) < 4.78 is 0. The lowest BCUT2D eigenvalue weighted by Gasteiger charge is -2.05. The van der Waals surface area contributed by atoms with Crippen molar-refractivity contribution in [3.05, 3.63) is 54.5 Å². The molecule has 0 unspecified atom stereocenters. The number of aromatic nitrogens is 2. The highest BCUT2D eigenvalue weighted by Crippen LogP contribution is 1.99. The first-order chi connectivity index (χ1) is 9.25. The predicted molar refractivity (Wildman–Crippen MR) is 69.0 cm³/mol. The van der Waals surface area contributed by atoms with Crippen LogP contribution in [0.15, 0.2) is 48.8 Å². The monoisotopic (exact) mass is 256 g/mol. The maximum Gasteiger partial charge on any atom is 0.314 e. The average molecular weight is 256 g/mol. The normalized spacial score (nSPS) is 9.68. The lowest BCUT2D eigenvalue weighted by atomic mass is 10.3. The van der Waals surface area contributed by atoms with Crippen LogP contribution in [0.1, 0.15) is 5.69 Å². The van der Waals surface area contributed by atoms with Gasteiger partial charge in [-0.1, -0.05) is 12.1 Å². The first kappa shape index (κ1) is 12.7. The SMILES string of the molecule is O=C(NCc1ccccn1)C(=O)Nc1ccccn1. The van der Waals surface area contributed by atoms with Crippen LogP contribution in [0.5, 0.6) is 0 Å². The molecule has 0 aliphatic carbocycles. The maximum absolute atomic E-state index is 11.6. The number of nitrogens with zero attached hydrogens (tertiary/aromatic N) is 2. The summed E-state index contributed by atoms with van der Waals surface area (Å²) >= 11 is 0. The van der Waals surface area contributed by atoms with Gasteiger partial charge >= 0.3 is 11.8 Å². The number of rotatable bonds is 3. The minimum Gasteiger partial charge on any atom is -0.342 e. The number of anilines is 1. The zero-order valence-electron chi connectivity index (χ0n) is 10.0. The molecule has 19 heavy (non-hydrogen) atoms. The van der Waals surface area contributed by atoms with Crippen molar-refractivity contribution in [3.8, 4) is 0 Å². The Morgan fingerprint density at radius 1 is 0.947 bits per heavy atom. The van der Waals surface area contributed by atoms with Crippen molar-refractivity contribution >= 4 is 17.6 Å². The molecular weight excluding hydrogens is 244 g/mol. The fourth-order valence-corrected chi connectivity index (χ4v) is 1.36. The highest BCUT2D eigenvalue weighted by molar-refractivity contribution is 6.39. The lowest BCUT2D eigenvalue weighted by molar-refractivity contribution is -0.136. The van der Waals surface area contributed by atoms with Crippen LogP contribution in [-0.2, 0) is 16.1 Å². The number of carbonyl (C=O) groups excluding carboxylic acids is 2. The zero-order valence-corrected chi connectivity index (χ0v) is 10.0. The van der Waals surface area contributed by atoms with Crippen LogP contribution in [0.2, 0.25) is 0 Å². The molecule has 96 valence electrons. The molecule has 2 amide bonds. The van der Waals surface area contributed by atoms with Gasteiger partial charge in [-0.05, 0) is 24.3 Å². The van der Waals surface area contributed by atoms with Crippen molar-refractivity contribution in [2.45, 2.75) is 6.54 Å². The minimum atomic E-state index is -0.755. The molecule has 0 bridgehead atoms. The number of carbonyl (C=O) groups is 2. The molecule has 0 saturated heterocycles. The molecule has 0 radical (unpaired) electrons. The van der Waals surface area contributed by atoms with Gasteiger partial charge in [-0.25, -0.2) is 4.98 Å². The van der Waals surface area contributed by atoms with E-state index in [0.29, 0.717) is 11.5 Å². The second kappa shape index (κ2) is 6.25. The highest BCUT2D eigenvalue weighted by atomic mass is 16.2. The Balaban J connectivity index is 1.85. The van der Waals surface area contributed by atoms with E-state index < -0.39 is 11.8 Å². The molecule has 0 aromatic carbocycles. The average Bonchev–Trinajstić information content (AvgIpc) is 2.47. The molecule has 0 aliphatic heterocycles. The molecule has 2 aromatic rings. The van der Waals surface area contributed by atoms with Gasteiger partial charge in [-0.15, -0.1) is 0 Å². The Kier molecular flexibility index (Phi) is 4.17. The summed E-state index contributed by atoms with van der Waals surface area (Å²) in [4.78, 5) is 31.0. The molecule has 2 N–H and O–H groups in total. The molecule has 0 aliphatic rings. The third-order valence-corrected chi connectivity index (χ3v) is 2.27. The number of hydrogen-bond acceptors (Lipinski definition) is 4. The van der Waals surface area contributed by atoms with Crippen molar-refractivity contribution < 1.29 is 9.59 Å². The van der Waals surface area contributed by atoms with Crippen molar-refractivity contribution in [2.24, 2.45) is 0 Å². The molecule has 6 heteroatoms. The fraction of sp³-hybridized carbons (Fsp3) is 0.0769. The number of hydrogen-bond donors (Lipinski definition) is 2. The topological polar surface area (TPSA) is 84.0 Å². The molecule has 0 spiro atoms. The molecule has 0 saturated carbocycles. The van der Waals surface area contributed by atoms with E-state index in [1.165, 1.54) is 6.20 Å². The molecule has 2 rings (SSSR count). The molecule has 6 nitrogen and oxygen atoms in total. The largest absolute Gasteiger partial charge is 0.342 e. The summed E-state index contributed by atoms with van der Waals surface area (Å²) in [6.07, 6.45) is 3.15. The quantitative estimate of drug-likeness (QED) is 0.793. The third kappa shape index (κ3) is 3.88. The van der Waals surface area contributed by atoms with E-state index in [-0.39, 0.29) is 6.54 Å². The molecule has 2 heterocycles. The number of nitrogens with one attached hydrogen (secondary N) is 2. The highest BCUT2D eigenvalue weighted by Gasteiger charge is 2.13. The molecule has 0 atom stereocenters. The Hall–Kier alpha value is -2.76. The second-order valence-corrected chi connectivity index (χ2v) is 3.67. The predicted octanol–water partition coefficient (Wildman–Crippen LogP) is 0.731. The fourth-order valence-electron chi connectivity index (χ4n) is 1.36. The molecule has 0 fully saturated rings. The van der Waals surface area contributed by atoms with Gasteiger partial charge in [0.15, 0.2) is 0 Å². The Labute approximate surface area is 109 Å². The van der Waals surface area contributed by atoms with Crippen molar-refractivity contribution in [2.75, 3.05) is 5.32 Å². The van der Waals surface area contributed by atoms with Crippen LogP contribution in [0, 0.1) is 0 Å². The van der Waals surface area contributed by atoms with Crippen LogP contribution >= 0.6 is 0 Å². The standard InChI is InChI=1S/C13H12N4O2/c18-12(16-9-10-5-1-3-7-14-10)13(19)17-11-6-2-4-8-15-11/h1-8H,9H2,(H,16,18)(H,15,17,19). The summed E-state index contributed by atoms with van der Waals surface area (Å²) in [5.41, 5.74) is 0.682. The van der Waals surface area contributed by atoms with E-state index >= 15 is 0 Å². The maximum atomic E-state index is 11.6. The summed E-state index contributed by atoms with van der Waals surface area (Å²) in [7, 11) is 0. The van der Waals surface area contributed by atoms with Crippen molar-refractivity contribution in [1.29, 1.82) is 0 Å². The Morgan fingerprint density at radius 2 is 1.68 bits per heavy atom. The van der Waals surface area contributed by atoms with E-state index in [1.807, 2.05) is 6.07 Å². The van der Waals surface area contributed by atoms with Gasteiger partial charge in [0, 0.05) is 12.4 Å². The number of amides is 2. The van der Waals surface area contributed by atoms with Gasteiger partial charge in [-0.3, -0.25) is 14.6 Å². The molecular formula is C13H12N4O2. The van der Waals surface area contributed by atoms with Gasteiger partial charge in [0.25, 0.3) is 0 Å². The van der Waals surface area contributed by atoms with Crippen molar-refractivity contribution in [1.82, 2.24) is 15.3 Å². The van der Waals surface area contributed by atoms with Crippen LogP contribution in [0.4, 0.5) is 5.82 Å². The van der Waals surface area contributed by atoms with E-state index in [4.69, 9.17) is 0 Å². The van der Waals surface area contributed by atoms with Crippen LogP contribution in [-0.4, -0.2) is 21.8 Å². The smallest absolute Gasteiger partial charge is 0.314 e. The summed E-state index contributed by atoms with van der Waals surface area (Å²) in [6.45, 7) is 0.204.